The molecule has 0 amide bonds. The monoisotopic (exact) mass is 393 g/mol. The van der Waals surface area contributed by atoms with Gasteiger partial charge in [0.25, 0.3) is 0 Å². The van der Waals surface area contributed by atoms with E-state index in [1.165, 1.54) is 17.7 Å². The minimum atomic E-state index is -4.42. The first kappa shape index (κ1) is 19.5. The Bertz CT molecular complexity index is 805. The Morgan fingerprint density at radius 1 is 1.07 bits per heavy atom. The Morgan fingerprint density at radius 2 is 1.74 bits per heavy atom. The topological polar surface area (TPSA) is 18.5 Å². The molecule has 0 bridgehead atoms. The largest absolute Gasteiger partial charge is 0.418 e. The summed E-state index contributed by atoms with van der Waals surface area (Å²) in [7, 11) is 0. The number of hydrogen-bond donors (Lipinski definition) is 1. The van der Waals surface area contributed by atoms with E-state index >= 15 is 0 Å². The summed E-state index contributed by atoms with van der Waals surface area (Å²) in [5.41, 5.74) is 1.63. The molecule has 3 rings (SSSR count). The molecule has 0 radical (unpaired) electrons. The average molecular weight is 393 g/mol. The Balaban J connectivity index is 1.67. The number of halogens is 3. The molecule has 1 atom stereocenters. The predicted molar refractivity (Wildman–Crippen MR) is 107 cm³/mol. The van der Waals surface area contributed by atoms with Gasteiger partial charge >= 0.3 is 6.18 Å². The van der Waals surface area contributed by atoms with Crippen LogP contribution < -0.4 is 10.2 Å². The number of rotatable bonds is 2. The van der Waals surface area contributed by atoms with Crippen LogP contribution in [0, 0.1) is 6.92 Å². The van der Waals surface area contributed by atoms with Gasteiger partial charge in [0, 0.05) is 31.4 Å². The molecule has 1 aliphatic heterocycles. The summed E-state index contributed by atoms with van der Waals surface area (Å²) in [6, 6.07) is 13.9. The van der Waals surface area contributed by atoms with Crippen LogP contribution in [0.25, 0.3) is 0 Å². The summed E-state index contributed by atoms with van der Waals surface area (Å²) in [6.07, 6.45) is -4.42. The molecule has 0 saturated carbocycles. The zero-order valence-corrected chi connectivity index (χ0v) is 16.1. The van der Waals surface area contributed by atoms with Crippen molar-refractivity contribution in [1.82, 2.24) is 4.90 Å². The van der Waals surface area contributed by atoms with Crippen molar-refractivity contribution in [2.45, 2.75) is 26.1 Å². The second-order valence-corrected chi connectivity index (χ2v) is 7.18. The van der Waals surface area contributed by atoms with Gasteiger partial charge in [0.2, 0.25) is 0 Å². The van der Waals surface area contributed by atoms with Gasteiger partial charge < -0.3 is 15.1 Å². The Hall–Kier alpha value is -2.28. The number of thiocarbonyl (C=S) groups is 1. The van der Waals surface area contributed by atoms with E-state index in [2.05, 4.69) is 41.4 Å². The lowest BCUT2D eigenvalue weighted by molar-refractivity contribution is -0.136. The highest BCUT2D eigenvalue weighted by atomic mass is 32.1. The van der Waals surface area contributed by atoms with Crippen LogP contribution in [0.2, 0.25) is 0 Å². The van der Waals surface area contributed by atoms with Crippen molar-refractivity contribution in [3.8, 4) is 0 Å². The zero-order chi connectivity index (χ0) is 19.6. The lowest BCUT2D eigenvalue weighted by Gasteiger charge is -2.42. The van der Waals surface area contributed by atoms with Crippen molar-refractivity contribution in [2.24, 2.45) is 0 Å². The number of hydrogen-bond acceptors (Lipinski definition) is 2. The third-order valence-corrected chi connectivity index (χ3v) is 5.11. The maximum Gasteiger partial charge on any atom is 0.418 e. The lowest BCUT2D eigenvalue weighted by atomic mass is 10.1. The Morgan fingerprint density at radius 3 is 2.37 bits per heavy atom. The number of benzene rings is 2. The molecular weight excluding hydrogens is 371 g/mol. The molecule has 1 unspecified atom stereocenters. The van der Waals surface area contributed by atoms with Crippen LogP contribution in [0.4, 0.5) is 24.5 Å². The van der Waals surface area contributed by atoms with Gasteiger partial charge in [-0.1, -0.05) is 29.8 Å². The number of alkyl halides is 3. The minimum Gasteiger partial charge on any atom is -0.365 e. The molecule has 1 N–H and O–H groups in total. The van der Waals surface area contributed by atoms with Crippen molar-refractivity contribution in [3.63, 3.8) is 0 Å². The van der Waals surface area contributed by atoms with Crippen molar-refractivity contribution in [2.75, 3.05) is 29.9 Å². The number of anilines is 2. The molecule has 144 valence electrons. The second kappa shape index (κ2) is 7.76. The molecule has 0 aromatic heterocycles. The van der Waals surface area contributed by atoms with Crippen LogP contribution >= 0.6 is 12.2 Å². The van der Waals surface area contributed by atoms with Crippen LogP contribution in [0.5, 0.6) is 0 Å². The number of nitrogens with one attached hydrogen (secondary N) is 1. The molecule has 2 aromatic carbocycles. The van der Waals surface area contributed by atoms with Crippen molar-refractivity contribution >= 4 is 28.7 Å². The molecule has 1 aliphatic rings. The lowest BCUT2D eigenvalue weighted by Crippen LogP contribution is -2.54. The number of piperazine rings is 1. The summed E-state index contributed by atoms with van der Waals surface area (Å²) >= 11 is 5.39. The van der Waals surface area contributed by atoms with Crippen LogP contribution in [-0.4, -0.2) is 35.7 Å². The van der Waals surface area contributed by atoms with Gasteiger partial charge in [0.1, 0.15) is 0 Å². The highest BCUT2D eigenvalue weighted by molar-refractivity contribution is 7.80. The second-order valence-electron chi connectivity index (χ2n) is 6.80. The third kappa shape index (κ3) is 4.53. The van der Waals surface area contributed by atoms with Crippen LogP contribution in [0.1, 0.15) is 18.1 Å². The molecule has 7 heteroatoms. The Labute approximate surface area is 162 Å². The van der Waals surface area contributed by atoms with Gasteiger partial charge in [-0.25, -0.2) is 0 Å². The van der Waals surface area contributed by atoms with E-state index in [0.717, 1.165) is 18.3 Å². The summed E-state index contributed by atoms with van der Waals surface area (Å²) in [5.74, 6) is 0. The summed E-state index contributed by atoms with van der Waals surface area (Å²) in [4.78, 5) is 4.22. The normalized spacial score (nSPS) is 17.7. The number of aryl methyl sites for hydroxylation is 1. The highest BCUT2D eigenvalue weighted by Crippen LogP contribution is 2.34. The van der Waals surface area contributed by atoms with E-state index in [-0.39, 0.29) is 11.7 Å². The van der Waals surface area contributed by atoms with Crippen molar-refractivity contribution < 1.29 is 13.2 Å². The van der Waals surface area contributed by atoms with E-state index in [4.69, 9.17) is 12.2 Å². The number of para-hydroxylation sites is 1. The molecule has 0 spiro atoms. The van der Waals surface area contributed by atoms with E-state index in [9.17, 15) is 13.2 Å². The van der Waals surface area contributed by atoms with Gasteiger partial charge in [-0.3, -0.25) is 0 Å². The predicted octanol–water partition coefficient (Wildman–Crippen LogP) is 4.92. The van der Waals surface area contributed by atoms with Crippen LogP contribution in [-0.2, 0) is 6.18 Å². The first-order valence-corrected chi connectivity index (χ1v) is 9.22. The van der Waals surface area contributed by atoms with E-state index < -0.39 is 11.7 Å². The minimum absolute atomic E-state index is 0.0105. The quantitative estimate of drug-likeness (QED) is 0.730. The first-order valence-electron chi connectivity index (χ1n) is 8.81. The molecular formula is C20H22F3N3S. The maximum absolute atomic E-state index is 13.2. The fraction of sp³-hybridized carbons (Fsp3) is 0.350. The van der Waals surface area contributed by atoms with Gasteiger partial charge in [-0.15, -0.1) is 0 Å². The van der Waals surface area contributed by atoms with Crippen molar-refractivity contribution in [3.05, 3.63) is 59.7 Å². The highest BCUT2D eigenvalue weighted by Gasteiger charge is 2.34. The Kier molecular flexibility index (Phi) is 5.60. The van der Waals surface area contributed by atoms with Gasteiger partial charge in [0.05, 0.1) is 11.3 Å². The van der Waals surface area contributed by atoms with Crippen LogP contribution in [0.3, 0.4) is 0 Å². The maximum atomic E-state index is 13.2. The third-order valence-electron chi connectivity index (χ3n) is 4.75. The molecule has 1 saturated heterocycles. The van der Waals surface area contributed by atoms with E-state index in [1.54, 1.807) is 6.07 Å². The van der Waals surface area contributed by atoms with Gasteiger partial charge in [-0.2, -0.15) is 13.2 Å². The summed E-state index contributed by atoms with van der Waals surface area (Å²) in [6.45, 7) is 6.20. The van der Waals surface area contributed by atoms with Gasteiger partial charge in [0.15, 0.2) is 5.11 Å². The molecule has 27 heavy (non-hydrogen) atoms. The van der Waals surface area contributed by atoms with Gasteiger partial charge in [-0.05, 0) is 50.3 Å². The van der Waals surface area contributed by atoms with E-state index in [0.29, 0.717) is 18.2 Å². The smallest absolute Gasteiger partial charge is 0.365 e. The SMILES string of the molecule is Cc1ccc(N2CCN(C(=S)Nc3ccccc3C(F)(F)F)CC2C)cc1. The fourth-order valence-corrected chi connectivity index (χ4v) is 3.57. The molecule has 1 fully saturated rings. The summed E-state index contributed by atoms with van der Waals surface area (Å²) in [5, 5.41) is 3.11. The summed E-state index contributed by atoms with van der Waals surface area (Å²) < 4.78 is 39.5. The fourth-order valence-electron chi connectivity index (χ4n) is 3.30. The first-order chi connectivity index (χ1) is 12.8. The molecule has 2 aromatic rings. The van der Waals surface area contributed by atoms with E-state index in [1.807, 2.05) is 11.8 Å². The van der Waals surface area contributed by atoms with Crippen molar-refractivity contribution in [1.29, 1.82) is 0 Å². The standard InChI is InChI=1S/C20H22F3N3S/c1-14-7-9-16(10-8-14)26-12-11-25(13-15(26)2)19(27)24-18-6-4-3-5-17(18)20(21,22)23/h3-10,15H,11-13H2,1-2H3,(H,24,27). The molecule has 1 heterocycles. The van der Waals surface area contributed by atoms with Crippen LogP contribution in [0.15, 0.2) is 48.5 Å². The average Bonchev–Trinajstić information content (AvgIpc) is 2.62. The zero-order valence-electron chi connectivity index (χ0n) is 15.3. The molecule has 3 nitrogen and oxygen atoms in total. The molecule has 0 aliphatic carbocycles. The number of nitrogens with zero attached hydrogens (tertiary/aromatic N) is 2.